The summed E-state index contributed by atoms with van der Waals surface area (Å²) >= 11 is 6.19. The highest BCUT2D eigenvalue weighted by atomic mass is 35.5. The van der Waals surface area contributed by atoms with E-state index in [0.29, 0.717) is 25.1 Å². The van der Waals surface area contributed by atoms with Gasteiger partial charge in [0.05, 0.1) is 26.0 Å². The Kier molecular flexibility index (Phi) is 12.4. The van der Waals surface area contributed by atoms with Crippen LogP contribution in [0.3, 0.4) is 0 Å². The summed E-state index contributed by atoms with van der Waals surface area (Å²) in [6.45, 7) is 4.30. The quantitative estimate of drug-likeness (QED) is 0.147. The van der Waals surface area contributed by atoms with Gasteiger partial charge in [0.15, 0.2) is 5.78 Å². The largest absolute Gasteiger partial charge is 0.491 e. The summed E-state index contributed by atoms with van der Waals surface area (Å²) in [6, 6.07) is 13.3. The number of hydrogen-bond acceptors (Lipinski definition) is 8. The van der Waals surface area contributed by atoms with E-state index in [1.165, 1.54) is 17.4 Å². The third-order valence-corrected chi connectivity index (χ3v) is 9.56. The number of hydrogen-bond donors (Lipinski definition) is 2. The number of halogens is 1. The summed E-state index contributed by atoms with van der Waals surface area (Å²) in [5.41, 5.74) is 10.9. The van der Waals surface area contributed by atoms with Crippen LogP contribution in [0.5, 0.6) is 11.6 Å². The number of primary amides is 1. The van der Waals surface area contributed by atoms with Crippen LogP contribution in [0.4, 0.5) is 5.69 Å². The maximum absolute atomic E-state index is 13.3. The third-order valence-electron chi connectivity index (χ3n) is 9.33. The van der Waals surface area contributed by atoms with Crippen molar-refractivity contribution < 1.29 is 28.7 Å². The summed E-state index contributed by atoms with van der Waals surface area (Å²) < 4.78 is 12.9. The zero-order valence-corrected chi connectivity index (χ0v) is 29.2. The topological polar surface area (TPSA) is 138 Å². The van der Waals surface area contributed by atoms with Crippen LogP contribution < -0.4 is 25.6 Å². The number of nitrogens with one attached hydrogen (secondary N) is 1. The maximum atomic E-state index is 13.3. The zero-order valence-electron chi connectivity index (χ0n) is 28.4. The number of fused-ring (bicyclic) bond motifs is 1. The molecule has 1 fully saturated rings. The second kappa shape index (κ2) is 16.8. The highest BCUT2D eigenvalue weighted by Crippen LogP contribution is 2.40. The molecule has 12 heteroatoms. The first kappa shape index (κ1) is 35.9. The minimum absolute atomic E-state index is 0.0650. The Morgan fingerprint density at radius 3 is 2.78 bits per heavy atom. The molecule has 1 aliphatic heterocycles. The van der Waals surface area contributed by atoms with Crippen LogP contribution >= 0.6 is 11.6 Å². The molecule has 49 heavy (non-hydrogen) atoms. The Morgan fingerprint density at radius 2 is 2.04 bits per heavy atom. The molecule has 1 saturated carbocycles. The van der Waals surface area contributed by atoms with Gasteiger partial charge in [-0.3, -0.25) is 23.9 Å². The summed E-state index contributed by atoms with van der Waals surface area (Å²) in [5, 5.41) is 4.82. The van der Waals surface area contributed by atoms with E-state index >= 15 is 0 Å². The van der Waals surface area contributed by atoms with Gasteiger partial charge < -0.3 is 20.1 Å². The number of ketones is 1. The Bertz CT molecular complexity index is 1660. The molecule has 1 aromatic heterocycles. The van der Waals surface area contributed by atoms with Crippen LogP contribution in [0, 0.1) is 23.7 Å². The van der Waals surface area contributed by atoms with E-state index in [9.17, 15) is 14.4 Å². The fourth-order valence-electron chi connectivity index (χ4n) is 6.48. The van der Waals surface area contributed by atoms with Crippen LogP contribution in [0.25, 0.3) is 0 Å². The van der Waals surface area contributed by atoms with Gasteiger partial charge in [0.2, 0.25) is 11.8 Å². The summed E-state index contributed by atoms with van der Waals surface area (Å²) in [6.07, 6.45) is 10.5. The number of carbonyl (C=O) groups excluding carboxylic acids is 3. The Morgan fingerprint density at radius 1 is 1.20 bits per heavy atom. The predicted molar refractivity (Wildman–Crippen MR) is 188 cm³/mol. The molecule has 2 amide bonds. The van der Waals surface area contributed by atoms with Crippen LogP contribution in [0.1, 0.15) is 65.3 Å². The molecule has 0 bridgehead atoms. The van der Waals surface area contributed by atoms with Crippen LogP contribution in [-0.2, 0) is 23.1 Å². The van der Waals surface area contributed by atoms with Crippen LogP contribution in [-0.4, -0.2) is 60.8 Å². The van der Waals surface area contributed by atoms with E-state index in [0.717, 1.165) is 55.1 Å². The van der Waals surface area contributed by atoms with Crippen LogP contribution in [0.2, 0.25) is 5.02 Å². The highest BCUT2D eigenvalue weighted by Gasteiger charge is 2.37. The van der Waals surface area contributed by atoms with Gasteiger partial charge in [-0.2, -0.15) is 0 Å². The molecule has 1 aliphatic carbocycles. The van der Waals surface area contributed by atoms with E-state index in [4.69, 9.17) is 31.6 Å². The smallest absolute Gasteiger partial charge is 0.281 e. The van der Waals surface area contributed by atoms with Crippen molar-refractivity contribution >= 4 is 34.9 Å². The van der Waals surface area contributed by atoms with Gasteiger partial charge in [0, 0.05) is 48.8 Å². The number of hydroxylamine groups is 1. The molecule has 1 unspecified atom stereocenters. The van der Waals surface area contributed by atoms with Crippen molar-refractivity contribution in [2.24, 2.45) is 36.5 Å². The van der Waals surface area contributed by atoms with E-state index in [1.54, 1.807) is 25.4 Å². The lowest BCUT2D eigenvalue weighted by molar-refractivity contribution is -0.122. The van der Waals surface area contributed by atoms with Gasteiger partial charge in [0.1, 0.15) is 11.3 Å². The van der Waals surface area contributed by atoms with E-state index in [-0.39, 0.29) is 47.5 Å². The molecular weight excluding hydrogens is 646 g/mol. The number of ether oxygens (including phenoxy) is 2. The Balaban J connectivity index is 1.14. The number of methoxy groups -OCH3 is 1. The molecule has 0 radical (unpaired) electrons. The molecule has 0 saturated heterocycles. The minimum atomic E-state index is -0.484. The minimum Gasteiger partial charge on any atom is -0.491 e. The van der Waals surface area contributed by atoms with E-state index in [2.05, 4.69) is 21.5 Å². The number of carbonyl (C=O) groups is 3. The van der Waals surface area contributed by atoms with Crippen molar-refractivity contribution in [1.82, 2.24) is 15.3 Å². The normalized spacial score (nSPS) is 19.3. The monoisotopic (exact) mass is 691 g/mol. The standard InChI is InChI=1S/C37H46ClN5O6/c1-24(22-49-41-36(46)31-21-42(2)40-37(31)47-3)7-4-12-33(44)30-15-13-28(30)20-43-19-26(10-5-8-25-9-6-11-29(38)17-25)23-48-34-16-14-27(35(39)45)18-32(34)43/h4,6,9,11-12,14,16-18,21,24,26,28,30H,5,7-8,10,13,15,19-20,22-23H2,1-3H3,(H2,39,45)(H,41,46)/b12-4+/t24-,26?,28-,30+/m0/s1. The lowest BCUT2D eigenvalue weighted by Crippen LogP contribution is -2.42. The van der Waals surface area contributed by atoms with E-state index in [1.807, 2.05) is 43.3 Å². The van der Waals surface area contributed by atoms with Gasteiger partial charge in [-0.25, -0.2) is 5.48 Å². The maximum Gasteiger partial charge on any atom is 0.281 e. The SMILES string of the molecule is COc1nn(C)cc1C(=O)NOC[C@@H](C)C/C=C/C(=O)[C@@H]1CC[C@H]1CN1CC(CCCc2cccc(Cl)c2)COc2ccc(C(N)=O)cc21. The average Bonchev–Trinajstić information content (AvgIpc) is 3.36. The second-order valence-corrected chi connectivity index (χ2v) is 13.6. The summed E-state index contributed by atoms with van der Waals surface area (Å²) in [5.74, 6) is 0.625. The molecule has 2 aliphatic rings. The van der Waals surface area contributed by atoms with Gasteiger partial charge >= 0.3 is 0 Å². The first-order valence-electron chi connectivity index (χ1n) is 16.9. The van der Waals surface area contributed by atoms with Crippen molar-refractivity contribution in [2.45, 2.75) is 45.4 Å². The Labute approximate surface area is 292 Å². The fraction of sp³-hybridized carbons (Fsp3) is 0.459. The number of nitrogens with two attached hydrogens (primary N) is 1. The number of rotatable bonds is 16. The number of nitrogens with zero attached hydrogens (tertiary/aromatic N) is 3. The highest BCUT2D eigenvalue weighted by molar-refractivity contribution is 6.30. The second-order valence-electron chi connectivity index (χ2n) is 13.2. The van der Waals surface area contributed by atoms with Crippen molar-refractivity contribution in [3.8, 4) is 11.6 Å². The van der Waals surface area contributed by atoms with E-state index < -0.39 is 11.8 Å². The van der Waals surface area contributed by atoms with Gasteiger partial charge in [0.25, 0.3) is 5.91 Å². The van der Waals surface area contributed by atoms with Crippen molar-refractivity contribution in [3.05, 3.63) is 82.5 Å². The van der Waals surface area contributed by atoms with Crippen molar-refractivity contribution in [2.75, 3.05) is 38.3 Å². The van der Waals surface area contributed by atoms with Gasteiger partial charge in [-0.15, -0.1) is 5.10 Å². The van der Waals surface area contributed by atoms with Crippen molar-refractivity contribution in [1.29, 1.82) is 0 Å². The lowest BCUT2D eigenvalue weighted by Gasteiger charge is -2.40. The predicted octanol–water partition coefficient (Wildman–Crippen LogP) is 5.56. The fourth-order valence-corrected chi connectivity index (χ4v) is 6.69. The molecule has 11 nitrogen and oxygen atoms in total. The number of amides is 2. The molecule has 262 valence electrons. The van der Waals surface area contributed by atoms with Gasteiger partial charge in [-0.05, 0) is 92.3 Å². The zero-order chi connectivity index (χ0) is 34.9. The number of benzene rings is 2. The van der Waals surface area contributed by atoms with Gasteiger partial charge in [-0.1, -0.05) is 36.7 Å². The molecule has 0 spiro atoms. The average molecular weight is 692 g/mol. The molecule has 5 rings (SSSR count). The van der Waals surface area contributed by atoms with Crippen molar-refractivity contribution in [3.63, 3.8) is 0 Å². The molecule has 2 heterocycles. The lowest BCUT2D eigenvalue weighted by atomic mass is 9.70. The summed E-state index contributed by atoms with van der Waals surface area (Å²) in [4.78, 5) is 45.5. The first-order chi connectivity index (χ1) is 23.6. The molecule has 3 aromatic rings. The Hall–Kier alpha value is -4.35. The number of aromatic nitrogens is 2. The summed E-state index contributed by atoms with van der Waals surface area (Å²) in [7, 11) is 3.15. The number of anilines is 1. The number of aryl methyl sites for hydroxylation is 2. The third kappa shape index (κ3) is 9.64. The molecule has 4 atom stereocenters. The number of allylic oxidation sites excluding steroid dienone is 2. The first-order valence-corrected chi connectivity index (χ1v) is 17.2. The molecular formula is C37H46ClN5O6. The van der Waals surface area contributed by atoms with Crippen LogP contribution in [0.15, 0.2) is 60.8 Å². The molecule has 3 N–H and O–H groups in total. The molecule has 2 aromatic carbocycles.